The molecule has 0 amide bonds. The van der Waals surface area contributed by atoms with Gasteiger partial charge in [0.05, 0.1) is 17.3 Å². The Morgan fingerprint density at radius 1 is 1.45 bits per heavy atom. The number of aromatic hydroxyl groups is 1. The molecule has 2 rings (SSSR count). The number of halogens is 1. The fraction of sp³-hybridized carbons (Fsp3) is 0.231. The van der Waals surface area contributed by atoms with Gasteiger partial charge in [-0.3, -0.25) is 4.68 Å². The van der Waals surface area contributed by atoms with Crippen molar-refractivity contribution in [3.05, 3.63) is 27.9 Å². The monoisotopic (exact) mass is 340 g/mol. The van der Waals surface area contributed by atoms with Crippen LogP contribution in [0.25, 0.3) is 11.3 Å². The highest BCUT2D eigenvalue weighted by atomic mass is 79.9. The fourth-order valence-electron chi connectivity index (χ4n) is 2.06. The number of ether oxygens (including phenoxy) is 1. The molecule has 2 aromatic rings. The van der Waals surface area contributed by atoms with Gasteiger partial charge in [-0.1, -0.05) is 0 Å². The Kier molecular flexibility index (Phi) is 3.71. The molecule has 1 aromatic heterocycles. The van der Waals surface area contributed by atoms with E-state index in [2.05, 4.69) is 21.0 Å². The molecule has 0 unspecified atom stereocenters. The molecule has 20 heavy (non-hydrogen) atoms. The van der Waals surface area contributed by atoms with Crippen molar-refractivity contribution in [2.75, 3.05) is 7.11 Å². The number of methoxy groups -OCH3 is 1. The molecule has 0 aliphatic carbocycles. The van der Waals surface area contributed by atoms with Crippen LogP contribution in [-0.2, 0) is 7.05 Å². The highest BCUT2D eigenvalue weighted by Crippen LogP contribution is 2.43. The molecule has 0 spiro atoms. The zero-order valence-corrected chi connectivity index (χ0v) is 12.7. The minimum atomic E-state index is -1.09. The van der Waals surface area contributed by atoms with Crippen molar-refractivity contribution in [3.8, 4) is 22.8 Å². The Morgan fingerprint density at radius 3 is 2.60 bits per heavy atom. The minimum Gasteiger partial charge on any atom is -0.504 e. The summed E-state index contributed by atoms with van der Waals surface area (Å²) in [5.41, 5.74) is 2.07. The van der Waals surface area contributed by atoms with Crippen molar-refractivity contribution in [1.29, 1.82) is 0 Å². The molecular weight excluding hydrogens is 328 g/mol. The van der Waals surface area contributed by atoms with E-state index in [1.54, 1.807) is 13.1 Å². The molecule has 0 aliphatic rings. The number of aryl methyl sites for hydroxylation is 2. The number of phenolic OH excluding ortho intramolecular Hbond substituents is 1. The molecule has 0 saturated heterocycles. The first-order valence-electron chi connectivity index (χ1n) is 5.70. The van der Waals surface area contributed by atoms with Crippen LogP contribution >= 0.6 is 15.9 Å². The SMILES string of the molecule is COc1c(O)cc(C)c(-c2cc(C(=O)O)nn2C)c1Br. The van der Waals surface area contributed by atoms with E-state index < -0.39 is 5.97 Å². The van der Waals surface area contributed by atoms with Gasteiger partial charge in [0, 0.05) is 12.6 Å². The van der Waals surface area contributed by atoms with Crippen molar-refractivity contribution in [2.45, 2.75) is 6.92 Å². The first-order valence-corrected chi connectivity index (χ1v) is 6.49. The largest absolute Gasteiger partial charge is 0.504 e. The summed E-state index contributed by atoms with van der Waals surface area (Å²) in [5, 5.41) is 22.8. The summed E-state index contributed by atoms with van der Waals surface area (Å²) in [5.74, 6) is -0.781. The number of hydrogen-bond donors (Lipinski definition) is 2. The van der Waals surface area contributed by atoms with Gasteiger partial charge in [0.1, 0.15) is 0 Å². The van der Waals surface area contributed by atoms with E-state index in [0.717, 1.165) is 11.1 Å². The van der Waals surface area contributed by atoms with Crippen molar-refractivity contribution in [3.63, 3.8) is 0 Å². The predicted molar refractivity (Wildman–Crippen MR) is 76.3 cm³/mol. The third kappa shape index (κ3) is 2.24. The molecule has 0 radical (unpaired) electrons. The molecule has 2 N–H and O–H groups in total. The van der Waals surface area contributed by atoms with Crippen LogP contribution in [0.4, 0.5) is 0 Å². The standard InChI is InChI=1S/C13H13BrN2O4/c1-6-4-9(17)12(20-3)11(14)10(6)8-5-7(13(18)19)15-16(8)2/h4-5,17H,1-3H3,(H,18,19). The molecule has 106 valence electrons. The zero-order chi connectivity index (χ0) is 15.0. The zero-order valence-electron chi connectivity index (χ0n) is 11.1. The minimum absolute atomic E-state index is 0.0150. The van der Waals surface area contributed by atoms with Crippen molar-refractivity contribution in [2.24, 2.45) is 7.05 Å². The number of benzene rings is 1. The van der Waals surface area contributed by atoms with Crippen LogP contribution in [-0.4, -0.2) is 33.1 Å². The lowest BCUT2D eigenvalue weighted by Crippen LogP contribution is -2.00. The van der Waals surface area contributed by atoms with Crippen LogP contribution in [0, 0.1) is 6.92 Å². The van der Waals surface area contributed by atoms with Crippen LogP contribution in [0.15, 0.2) is 16.6 Å². The lowest BCUT2D eigenvalue weighted by atomic mass is 10.0. The second-order valence-electron chi connectivity index (χ2n) is 4.28. The Morgan fingerprint density at radius 2 is 2.10 bits per heavy atom. The lowest BCUT2D eigenvalue weighted by Gasteiger charge is -2.14. The molecular formula is C13H13BrN2O4. The average molecular weight is 341 g/mol. The maximum atomic E-state index is 11.0. The predicted octanol–water partition coefficient (Wildman–Crippen LogP) is 2.57. The number of rotatable bonds is 3. The van der Waals surface area contributed by atoms with Crippen LogP contribution < -0.4 is 4.74 Å². The number of aromatic nitrogens is 2. The van der Waals surface area contributed by atoms with E-state index in [-0.39, 0.29) is 11.4 Å². The maximum Gasteiger partial charge on any atom is 0.356 e. The van der Waals surface area contributed by atoms with E-state index >= 15 is 0 Å². The van der Waals surface area contributed by atoms with Gasteiger partial charge < -0.3 is 14.9 Å². The van der Waals surface area contributed by atoms with Gasteiger partial charge in [-0.25, -0.2) is 4.79 Å². The Hall–Kier alpha value is -2.02. The van der Waals surface area contributed by atoms with Crippen molar-refractivity contribution < 1.29 is 19.7 Å². The molecule has 0 saturated carbocycles. The number of carboxylic acids is 1. The van der Waals surface area contributed by atoms with E-state index in [1.807, 2.05) is 6.92 Å². The molecule has 0 fully saturated rings. The van der Waals surface area contributed by atoms with Gasteiger partial charge in [-0.05, 0) is 40.5 Å². The second-order valence-corrected chi connectivity index (χ2v) is 5.07. The van der Waals surface area contributed by atoms with Gasteiger partial charge in [0.15, 0.2) is 17.2 Å². The topological polar surface area (TPSA) is 84.6 Å². The number of phenols is 1. The first-order chi connectivity index (χ1) is 9.36. The molecule has 0 aliphatic heterocycles. The highest BCUT2D eigenvalue weighted by Gasteiger charge is 2.20. The maximum absolute atomic E-state index is 11.0. The normalized spacial score (nSPS) is 10.6. The van der Waals surface area contributed by atoms with Gasteiger partial charge in [-0.15, -0.1) is 0 Å². The van der Waals surface area contributed by atoms with Gasteiger partial charge in [-0.2, -0.15) is 5.10 Å². The Labute approximate surface area is 123 Å². The second kappa shape index (κ2) is 5.16. The Bertz CT molecular complexity index is 694. The summed E-state index contributed by atoms with van der Waals surface area (Å²) in [7, 11) is 3.11. The summed E-state index contributed by atoms with van der Waals surface area (Å²) < 4.78 is 7.18. The summed E-state index contributed by atoms with van der Waals surface area (Å²) in [6.45, 7) is 1.81. The Balaban J connectivity index is 2.73. The van der Waals surface area contributed by atoms with Crippen molar-refractivity contribution in [1.82, 2.24) is 9.78 Å². The molecule has 0 bridgehead atoms. The quantitative estimate of drug-likeness (QED) is 0.896. The van der Waals surface area contributed by atoms with Gasteiger partial charge in [0.25, 0.3) is 0 Å². The summed E-state index contributed by atoms with van der Waals surface area (Å²) in [6.07, 6.45) is 0. The summed E-state index contributed by atoms with van der Waals surface area (Å²) >= 11 is 3.39. The fourth-order valence-corrected chi connectivity index (χ4v) is 2.94. The van der Waals surface area contributed by atoms with E-state index in [4.69, 9.17) is 9.84 Å². The third-order valence-corrected chi connectivity index (χ3v) is 3.71. The molecule has 6 nitrogen and oxygen atoms in total. The van der Waals surface area contributed by atoms with E-state index in [1.165, 1.54) is 17.9 Å². The number of aromatic carboxylic acids is 1. The summed E-state index contributed by atoms with van der Waals surface area (Å²) in [6, 6.07) is 3.04. The van der Waals surface area contributed by atoms with Crippen LogP contribution in [0.2, 0.25) is 0 Å². The first kappa shape index (κ1) is 14.4. The summed E-state index contributed by atoms with van der Waals surface area (Å²) in [4.78, 5) is 11.0. The number of hydrogen-bond acceptors (Lipinski definition) is 4. The van der Waals surface area contributed by atoms with Crippen LogP contribution in [0.3, 0.4) is 0 Å². The van der Waals surface area contributed by atoms with Gasteiger partial charge >= 0.3 is 5.97 Å². The number of carboxylic acid groups (broad SMARTS) is 1. The highest BCUT2D eigenvalue weighted by molar-refractivity contribution is 9.10. The van der Waals surface area contributed by atoms with E-state index in [0.29, 0.717) is 15.9 Å². The smallest absolute Gasteiger partial charge is 0.356 e. The van der Waals surface area contributed by atoms with Gasteiger partial charge in [0.2, 0.25) is 0 Å². The van der Waals surface area contributed by atoms with Crippen LogP contribution in [0.5, 0.6) is 11.5 Å². The average Bonchev–Trinajstić information content (AvgIpc) is 2.72. The van der Waals surface area contributed by atoms with E-state index in [9.17, 15) is 9.90 Å². The van der Waals surface area contributed by atoms with Crippen LogP contribution in [0.1, 0.15) is 16.1 Å². The number of carbonyl (C=O) groups is 1. The third-order valence-electron chi connectivity index (χ3n) is 2.96. The lowest BCUT2D eigenvalue weighted by molar-refractivity contribution is 0.0689. The molecule has 0 atom stereocenters. The molecule has 7 heteroatoms. The van der Waals surface area contributed by atoms with Crippen molar-refractivity contribution >= 4 is 21.9 Å². The number of nitrogens with zero attached hydrogens (tertiary/aromatic N) is 2. The molecule has 1 aromatic carbocycles. The molecule has 1 heterocycles.